The van der Waals surface area contributed by atoms with E-state index in [-0.39, 0.29) is 23.4 Å². The Kier molecular flexibility index (Phi) is 6.25. The maximum Gasteiger partial charge on any atom is 0.243 e. The van der Waals surface area contributed by atoms with Crippen LogP contribution in [0.1, 0.15) is 48.8 Å². The molecule has 30 heavy (non-hydrogen) atoms. The zero-order valence-electron chi connectivity index (χ0n) is 17.6. The Bertz CT molecular complexity index is 995. The third kappa shape index (κ3) is 4.44. The number of rotatable bonds is 5. The molecule has 160 valence electrons. The highest BCUT2D eigenvalue weighted by atomic mass is 32.2. The number of benzene rings is 2. The van der Waals surface area contributed by atoms with Gasteiger partial charge in [-0.05, 0) is 49.4 Å². The molecular weight excluding hydrogens is 396 g/mol. The van der Waals surface area contributed by atoms with E-state index in [2.05, 4.69) is 12.1 Å². The summed E-state index contributed by atoms with van der Waals surface area (Å²) in [6.45, 7) is 3.05. The normalized spacial score (nSPS) is 17.7. The van der Waals surface area contributed by atoms with Gasteiger partial charge in [0.2, 0.25) is 15.9 Å². The number of amides is 1. The summed E-state index contributed by atoms with van der Waals surface area (Å²) in [4.78, 5) is 15.3. The minimum atomic E-state index is -3.73. The van der Waals surface area contributed by atoms with Gasteiger partial charge in [0.05, 0.1) is 11.4 Å². The molecular formula is C24H30N2O3S. The van der Waals surface area contributed by atoms with Crippen LogP contribution in [-0.2, 0) is 27.8 Å². The van der Waals surface area contributed by atoms with Crippen LogP contribution in [0.4, 0.5) is 0 Å². The minimum absolute atomic E-state index is 0.0803. The second-order valence-electron chi connectivity index (χ2n) is 8.49. The summed E-state index contributed by atoms with van der Waals surface area (Å²) in [5.41, 5.74) is 3.45. The molecule has 0 radical (unpaired) electrons. The van der Waals surface area contributed by atoms with Crippen molar-refractivity contribution in [3.63, 3.8) is 0 Å². The Hall–Kier alpha value is -2.18. The molecule has 1 fully saturated rings. The van der Waals surface area contributed by atoms with Crippen molar-refractivity contribution in [2.45, 2.75) is 62.9 Å². The molecule has 1 amide bonds. The summed E-state index contributed by atoms with van der Waals surface area (Å²) in [6, 6.07) is 15.0. The van der Waals surface area contributed by atoms with E-state index in [0.717, 1.165) is 49.7 Å². The summed E-state index contributed by atoms with van der Waals surface area (Å²) in [5, 5.41) is 0. The molecule has 0 spiro atoms. The van der Waals surface area contributed by atoms with Gasteiger partial charge in [-0.1, -0.05) is 61.2 Å². The maximum atomic E-state index is 13.5. The van der Waals surface area contributed by atoms with Crippen LogP contribution in [0.2, 0.25) is 0 Å². The molecule has 1 aliphatic carbocycles. The highest BCUT2D eigenvalue weighted by Gasteiger charge is 2.35. The molecule has 2 aromatic carbocycles. The van der Waals surface area contributed by atoms with E-state index in [1.807, 2.05) is 36.1 Å². The summed E-state index contributed by atoms with van der Waals surface area (Å²) in [7, 11) is -3.73. The fraction of sp³-hybridized carbons (Fsp3) is 0.458. The van der Waals surface area contributed by atoms with E-state index in [1.54, 1.807) is 12.1 Å². The largest absolute Gasteiger partial charge is 0.337 e. The van der Waals surface area contributed by atoms with Crippen LogP contribution in [0, 0.1) is 6.92 Å². The number of nitrogens with zero attached hydrogens (tertiary/aromatic N) is 2. The Morgan fingerprint density at radius 2 is 1.67 bits per heavy atom. The highest BCUT2D eigenvalue weighted by Crippen LogP contribution is 2.28. The fourth-order valence-corrected chi connectivity index (χ4v) is 6.20. The summed E-state index contributed by atoms with van der Waals surface area (Å²) < 4.78 is 28.5. The van der Waals surface area contributed by atoms with E-state index in [1.165, 1.54) is 9.87 Å². The van der Waals surface area contributed by atoms with E-state index in [9.17, 15) is 13.2 Å². The number of sulfonamides is 1. The van der Waals surface area contributed by atoms with Gasteiger partial charge in [0, 0.05) is 19.1 Å². The zero-order valence-corrected chi connectivity index (χ0v) is 18.4. The lowest BCUT2D eigenvalue weighted by molar-refractivity contribution is -0.132. The molecule has 1 aliphatic heterocycles. The van der Waals surface area contributed by atoms with Crippen LogP contribution >= 0.6 is 0 Å². The van der Waals surface area contributed by atoms with Gasteiger partial charge >= 0.3 is 0 Å². The molecule has 0 saturated heterocycles. The summed E-state index contributed by atoms with van der Waals surface area (Å²) in [6.07, 6.45) is 5.61. The molecule has 1 heterocycles. The Morgan fingerprint density at radius 3 is 2.37 bits per heavy atom. The van der Waals surface area contributed by atoms with Crippen LogP contribution in [0.25, 0.3) is 0 Å². The van der Waals surface area contributed by atoms with Gasteiger partial charge in [0.15, 0.2) is 0 Å². The van der Waals surface area contributed by atoms with Gasteiger partial charge in [-0.25, -0.2) is 8.42 Å². The first-order chi connectivity index (χ1) is 14.4. The maximum absolute atomic E-state index is 13.5. The van der Waals surface area contributed by atoms with Crippen molar-refractivity contribution in [1.29, 1.82) is 0 Å². The first-order valence-corrected chi connectivity index (χ1v) is 12.3. The van der Waals surface area contributed by atoms with Crippen LogP contribution in [0.5, 0.6) is 0 Å². The highest BCUT2D eigenvalue weighted by molar-refractivity contribution is 7.89. The summed E-state index contributed by atoms with van der Waals surface area (Å²) in [5.74, 6) is -0.106. The van der Waals surface area contributed by atoms with Crippen molar-refractivity contribution in [3.05, 3.63) is 65.2 Å². The molecule has 0 bridgehead atoms. The van der Waals surface area contributed by atoms with Crippen molar-refractivity contribution in [2.75, 3.05) is 13.1 Å². The molecule has 0 N–H and O–H groups in total. The number of aryl methyl sites for hydroxylation is 1. The van der Waals surface area contributed by atoms with Gasteiger partial charge in [0.1, 0.15) is 0 Å². The van der Waals surface area contributed by atoms with E-state index in [0.29, 0.717) is 13.1 Å². The average Bonchev–Trinajstić information content (AvgIpc) is 2.77. The molecule has 1 saturated carbocycles. The van der Waals surface area contributed by atoms with Gasteiger partial charge in [-0.3, -0.25) is 4.79 Å². The molecule has 0 unspecified atom stereocenters. The van der Waals surface area contributed by atoms with E-state index in [4.69, 9.17) is 0 Å². The number of carbonyl (C=O) groups is 1. The van der Waals surface area contributed by atoms with E-state index >= 15 is 0 Å². The minimum Gasteiger partial charge on any atom is -0.337 e. The fourth-order valence-electron chi connectivity index (χ4n) is 4.57. The monoisotopic (exact) mass is 426 g/mol. The molecule has 6 heteroatoms. The Labute approximate surface area is 179 Å². The Balaban J connectivity index is 1.57. The third-order valence-corrected chi connectivity index (χ3v) is 8.30. The van der Waals surface area contributed by atoms with E-state index < -0.39 is 10.0 Å². The van der Waals surface area contributed by atoms with Gasteiger partial charge in [0.25, 0.3) is 0 Å². The van der Waals surface area contributed by atoms with Gasteiger partial charge in [-0.2, -0.15) is 4.31 Å². The zero-order chi connectivity index (χ0) is 21.1. The quantitative estimate of drug-likeness (QED) is 0.729. The third-order valence-electron chi connectivity index (χ3n) is 6.38. The standard InChI is InChI=1S/C24H30N2O3S/c1-19-11-13-23(14-12-19)30(28,29)26(22-9-3-2-4-10-22)18-24(27)25-16-15-20-7-5-6-8-21(20)17-25/h5-8,11-14,22H,2-4,9-10,15-18H2,1H3. The molecule has 4 rings (SSSR count). The molecule has 5 nitrogen and oxygen atoms in total. The van der Waals surface area contributed by atoms with Crippen LogP contribution in [-0.4, -0.2) is 42.7 Å². The van der Waals surface area contributed by atoms with Gasteiger partial charge in [-0.15, -0.1) is 0 Å². The van der Waals surface area contributed by atoms with Crippen LogP contribution in [0.15, 0.2) is 53.4 Å². The molecule has 2 aromatic rings. The van der Waals surface area contributed by atoms with Gasteiger partial charge < -0.3 is 4.90 Å². The predicted octanol–water partition coefficient (Wildman–Crippen LogP) is 3.90. The molecule has 0 atom stereocenters. The topological polar surface area (TPSA) is 57.7 Å². The van der Waals surface area contributed by atoms with Crippen LogP contribution in [0.3, 0.4) is 0 Å². The first-order valence-electron chi connectivity index (χ1n) is 10.9. The van der Waals surface area contributed by atoms with Crippen molar-refractivity contribution in [2.24, 2.45) is 0 Å². The number of hydrogen-bond acceptors (Lipinski definition) is 3. The van der Waals surface area contributed by atoms with Crippen molar-refractivity contribution in [3.8, 4) is 0 Å². The average molecular weight is 427 g/mol. The second-order valence-corrected chi connectivity index (χ2v) is 10.4. The number of fused-ring (bicyclic) bond motifs is 1. The molecule has 2 aliphatic rings. The first kappa shape index (κ1) is 21.1. The lowest BCUT2D eigenvalue weighted by Gasteiger charge is -2.35. The van der Waals surface area contributed by atoms with Crippen LogP contribution < -0.4 is 0 Å². The van der Waals surface area contributed by atoms with Crippen molar-refractivity contribution in [1.82, 2.24) is 9.21 Å². The van der Waals surface area contributed by atoms with Crippen molar-refractivity contribution >= 4 is 15.9 Å². The second kappa shape index (κ2) is 8.90. The van der Waals surface area contributed by atoms with Crippen molar-refractivity contribution < 1.29 is 13.2 Å². The smallest absolute Gasteiger partial charge is 0.243 e. The molecule has 0 aromatic heterocycles. The number of hydrogen-bond donors (Lipinski definition) is 0. The lowest BCUT2D eigenvalue weighted by atomic mass is 9.95. The SMILES string of the molecule is Cc1ccc(S(=O)(=O)N(CC(=O)N2CCc3ccccc3C2)C2CCCCC2)cc1. The predicted molar refractivity (Wildman–Crippen MR) is 118 cm³/mol. The Morgan fingerprint density at radius 1 is 1.00 bits per heavy atom. The lowest BCUT2D eigenvalue weighted by Crippen LogP contribution is -2.48. The number of carbonyl (C=O) groups excluding carboxylic acids is 1. The summed E-state index contributed by atoms with van der Waals surface area (Å²) >= 11 is 0.